The summed E-state index contributed by atoms with van der Waals surface area (Å²) in [6.45, 7) is 1.62. The number of amides is 4. The lowest BCUT2D eigenvalue weighted by molar-refractivity contribution is -0.280. The third-order valence-electron chi connectivity index (χ3n) is 5.99. The maximum atomic E-state index is 12.8. The van der Waals surface area contributed by atoms with Crippen LogP contribution in [0.3, 0.4) is 0 Å². The van der Waals surface area contributed by atoms with E-state index in [1.165, 1.54) is 13.8 Å². The molecule has 0 aromatic rings. The minimum atomic E-state index is -1.54. The van der Waals surface area contributed by atoms with Crippen molar-refractivity contribution in [1.82, 2.24) is 16.0 Å². The van der Waals surface area contributed by atoms with Gasteiger partial charge in [0.05, 0.1) is 6.61 Å². The Bertz CT molecular complexity index is 862. The van der Waals surface area contributed by atoms with Gasteiger partial charge in [-0.3, -0.25) is 24.0 Å². The molecule has 1 aliphatic rings. The molecule has 0 saturated carbocycles. The first kappa shape index (κ1) is 35.1. The number of hydrogen-bond acceptors (Lipinski definition) is 12. The van der Waals surface area contributed by atoms with Gasteiger partial charge in [0.15, 0.2) is 6.29 Å². The molecule has 0 aromatic heterocycles. The number of nitrogens with two attached hydrogens (primary N) is 2. The van der Waals surface area contributed by atoms with E-state index in [4.69, 9.17) is 30.8 Å². The second kappa shape index (κ2) is 17.7. The number of primary amides is 1. The van der Waals surface area contributed by atoms with E-state index in [0.717, 1.165) is 0 Å². The molecule has 1 rings (SSSR count). The van der Waals surface area contributed by atoms with Gasteiger partial charge in [-0.25, -0.2) is 0 Å². The molecule has 0 bridgehead atoms. The highest BCUT2D eigenvalue weighted by molar-refractivity contribution is 5.92. The summed E-state index contributed by atoms with van der Waals surface area (Å²) in [5.41, 5.74) is 10.7. The van der Waals surface area contributed by atoms with Crippen molar-refractivity contribution in [2.24, 2.45) is 11.5 Å². The Morgan fingerprint density at radius 3 is 2.27 bits per heavy atom. The van der Waals surface area contributed by atoms with E-state index in [-0.39, 0.29) is 13.0 Å². The standard InChI is InChI=1S/C23H41N5O12/c1-11(21(36)27-13(20(25)35)5-6-16(32)33)26-22(37)12(2)39-19-17(28-15(31)10-30)23(38-8-4-3-7-24)40-14(9-29)18(19)34/h11-14,17-19,23,29-30,34H,3-10,24H2,1-2H3,(H2,25,35)(H,26,37)(H,27,36)(H,28,31)(H,32,33)/t11-,12+,13+,14+,17+,18+,19+,23+/m0/s1. The zero-order valence-electron chi connectivity index (χ0n) is 22.5. The number of aliphatic hydroxyl groups excluding tert-OH is 3. The van der Waals surface area contributed by atoms with Crippen LogP contribution in [0.4, 0.5) is 0 Å². The van der Waals surface area contributed by atoms with Crippen LogP contribution in [-0.4, -0.2) is 125 Å². The molecular formula is C23H41N5O12. The molecular weight excluding hydrogens is 538 g/mol. The van der Waals surface area contributed by atoms with Crippen LogP contribution >= 0.6 is 0 Å². The van der Waals surface area contributed by atoms with Crippen LogP contribution in [0.2, 0.25) is 0 Å². The zero-order valence-corrected chi connectivity index (χ0v) is 22.5. The summed E-state index contributed by atoms with van der Waals surface area (Å²) in [6.07, 6.45) is -6.17. The minimum absolute atomic E-state index is 0.149. The van der Waals surface area contributed by atoms with Gasteiger partial charge in [-0.2, -0.15) is 0 Å². The van der Waals surface area contributed by atoms with E-state index >= 15 is 0 Å². The van der Waals surface area contributed by atoms with Crippen LogP contribution in [0.1, 0.15) is 39.5 Å². The van der Waals surface area contributed by atoms with Gasteiger partial charge in [0, 0.05) is 13.0 Å². The van der Waals surface area contributed by atoms with Gasteiger partial charge < -0.3 is 62.1 Å². The van der Waals surface area contributed by atoms with Gasteiger partial charge in [0.1, 0.15) is 49.1 Å². The zero-order chi connectivity index (χ0) is 30.4. The predicted octanol–water partition coefficient (Wildman–Crippen LogP) is -4.59. The molecule has 0 unspecified atom stereocenters. The third-order valence-corrected chi connectivity index (χ3v) is 5.99. The Kier molecular flexibility index (Phi) is 15.5. The van der Waals surface area contributed by atoms with Crippen molar-refractivity contribution in [3.8, 4) is 0 Å². The van der Waals surface area contributed by atoms with Crippen molar-refractivity contribution in [1.29, 1.82) is 0 Å². The predicted molar refractivity (Wildman–Crippen MR) is 135 cm³/mol. The van der Waals surface area contributed by atoms with Crippen molar-refractivity contribution < 1.29 is 58.6 Å². The third kappa shape index (κ3) is 11.3. The number of hydrogen-bond donors (Lipinski definition) is 9. The molecule has 0 spiro atoms. The number of carbonyl (C=O) groups is 5. The molecule has 40 heavy (non-hydrogen) atoms. The summed E-state index contributed by atoms with van der Waals surface area (Å²) in [5, 5.41) is 45.5. The number of aliphatic carboxylic acids is 1. The number of ether oxygens (including phenoxy) is 3. The second-order valence-electron chi connectivity index (χ2n) is 9.20. The monoisotopic (exact) mass is 579 g/mol. The van der Waals surface area contributed by atoms with Crippen LogP contribution in [-0.2, 0) is 38.2 Å². The summed E-state index contributed by atoms with van der Waals surface area (Å²) in [4.78, 5) is 59.6. The average Bonchev–Trinajstić information content (AvgIpc) is 2.90. The van der Waals surface area contributed by atoms with Gasteiger partial charge in [-0.15, -0.1) is 0 Å². The Labute approximate surface area is 230 Å². The van der Waals surface area contributed by atoms with Crippen molar-refractivity contribution in [3.05, 3.63) is 0 Å². The molecule has 1 heterocycles. The summed E-state index contributed by atoms with van der Waals surface area (Å²) in [5.74, 6) is -4.63. The molecule has 8 atom stereocenters. The molecule has 4 amide bonds. The molecule has 1 aliphatic heterocycles. The fourth-order valence-corrected chi connectivity index (χ4v) is 3.75. The Morgan fingerprint density at radius 2 is 1.73 bits per heavy atom. The lowest BCUT2D eigenvalue weighted by Gasteiger charge is -2.44. The Balaban J connectivity index is 2.96. The lowest BCUT2D eigenvalue weighted by atomic mass is 9.96. The van der Waals surface area contributed by atoms with Gasteiger partial charge in [-0.05, 0) is 39.7 Å². The van der Waals surface area contributed by atoms with Crippen LogP contribution in [0, 0.1) is 0 Å². The average molecular weight is 580 g/mol. The van der Waals surface area contributed by atoms with E-state index in [2.05, 4.69) is 16.0 Å². The number of unbranched alkanes of at least 4 members (excludes halogenated alkanes) is 1. The summed E-state index contributed by atoms with van der Waals surface area (Å²) < 4.78 is 17.0. The lowest BCUT2D eigenvalue weighted by Crippen LogP contribution is -2.66. The molecule has 230 valence electrons. The normalized spacial score (nSPS) is 24.8. The molecule has 0 radical (unpaired) electrons. The molecule has 0 aromatic carbocycles. The number of carbonyl (C=O) groups excluding carboxylic acids is 4. The summed E-state index contributed by atoms with van der Waals surface area (Å²) in [7, 11) is 0. The fraction of sp³-hybridized carbons (Fsp3) is 0.783. The SMILES string of the molecule is C[C@H](NC(=O)[C@@H](C)O[C@H]1[C@H](O)[C@@H](CO)O[C@@H](OCCCCN)[C@@H]1NC(=O)CO)C(=O)N[C@H](CCC(=O)O)C(N)=O. The van der Waals surface area contributed by atoms with Crippen LogP contribution in [0.25, 0.3) is 0 Å². The van der Waals surface area contributed by atoms with E-state index < -0.39 is 98.1 Å². The summed E-state index contributed by atoms with van der Waals surface area (Å²) in [6, 6.07) is -3.70. The Morgan fingerprint density at radius 1 is 1.05 bits per heavy atom. The van der Waals surface area contributed by atoms with Gasteiger partial charge in [-0.1, -0.05) is 0 Å². The molecule has 1 saturated heterocycles. The quantitative estimate of drug-likeness (QED) is 0.0692. The van der Waals surface area contributed by atoms with Crippen LogP contribution in [0.5, 0.6) is 0 Å². The first-order valence-corrected chi connectivity index (χ1v) is 12.8. The maximum Gasteiger partial charge on any atom is 0.303 e. The molecule has 1 fully saturated rings. The van der Waals surface area contributed by atoms with Gasteiger partial charge in [0.25, 0.3) is 0 Å². The van der Waals surface area contributed by atoms with Gasteiger partial charge in [0.2, 0.25) is 23.6 Å². The highest BCUT2D eigenvalue weighted by Crippen LogP contribution is 2.26. The number of nitrogens with one attached hydrogen (secondary N) is 3. The first-order chi connectivity index (χ1) is 18.9. The van der Waals surface area contributed by atoms with Crippen molar-refractivity contribution in [2.75, 3.05) is 26.4 Å². The Hall–Kier alpha value is -2.93. The maximum absolute atomic E-state index is 12.8. The van der Waals surface area contributed by atoms with Crippen molar-refractivity contribution in [3.63, 3.8) is 0 Å². The molecule has 0 aliphatic carbocycles. The van der Waals surface area contributed by atoms with E-state index in [9.17, 15) is 39.3 Å². The fourth-order valence-electron chi connectivity index (χ4n) is 3.75. The van der Waals surface area contributed by atoms with Crippen LogP contribution in [0.15, 0.2) is 0 Å². The topological polar surface area (TPSA) is 282 Å². The highest BCUT2D eigenvalue weighted by Gasteiger charge is 2.48. The number of rotatable bonds is 18. The van der Waals surface area contributed by atoms with Crippen LogP contribution < -0.4 is 27.4 Å². The first-order valence-electron chi connectivity index (χ1n) is 12.8. The molecule has 17 nitrogen and oxygen atoms in total. The van der Waals surface area contributed by atoms with E-state index in [1.807, 2.05) is 0 Å². The largest absolute Gasteiger partial charge is 0.481 e. The van der Waals surface area contributed by atoms with E-state index in [1.54, 1.807) is 0 Å². The van der Waals surface area contributed by atoms with E-state index in [0.29, 0.717) is 19.4 Å². The molecule has 17 heteroatoms. The smallest absolute Gasteiger partial charge is 0.303 e. The van der Waals surface area contributed by atoms with Crippen molar-refractivity contribution >= 4 is 29.6 Å². The highest BCUT2D eigenvalue weighted by atomic mass is 16.7. The molecule has 11 N–H and O–H groups in total. The van der Waals surface area contributed by atoms with Crippen molar-refractivity contribution in [2.45, 2.75) is 88.4 Å². The van der Waals surface area contributed by atoms with Gasteiger partial charge >= 0.3 is 5.97 Å². The second-order valence-corrected chi connectivity index (χ2v) is 9.20. The number of carboxylic acid groups (broad SMARTS) is 1. The minimum Gasteiger partial charge on any atom is -0.481 e. The number of aliphatic hydroxyl groups is 3. The number of carboxylic acids is 1. The summed E-state index contributed by atoms with van der Waals surface area (Å²) >= 11 is 0.